The van der Waals surface area contributed by atoms with Crippen molar-refractivity contribution in [2.24, 2.45) is 0 Å². The highest BCUT2D eigenvalue weighted by Crippen LogP contribution is 2.16. The summed E-state index contributed by atoms with van der Waals surface area (Å²) in [5, 5.41) is 0. The number of hydrogen-bond donors (Lipinski definition) is 0. The highest BCUT2D eigenvalue weighted by molar-refractivity contribution is 6.81. The molecule has 0 saturated heterocycles. The molecular formula is C43H170O40Si41. The fourth-order valence-electron chi connectivity index (χ4n) is 12.2. The van der Waals surface area contributed by atoms with Crippen LogP contribution in [0.4, 0.5) is 0 Å². The van der Waals surface area contributed by atoms with Crippen molar-refractivity contribution in [1.82, 2.24) is 0 Å². The van der Waals surface area contributed by atoms with E-state index in [2.05, 4.69) is 39.3 Å². The van der Waals surface area contributed by atoms with E-state index in [1.807, 2.05) is 242 Å². The highest BCUT2D eigenvalue weighted by atomic mass is 28.5. The van der Waals surface area contributed by atoms with Crippen molar-refractivity contribution in [1.29, 1.82) is 0 Å². The summed E-state index contributed by atoms with van der Waals surface area (Å²) in [4.78, 5) is 0. The molecule has 0 heterocycles. The first-order chi connectivity index (χ1) is 57.4. The molecule has 746 valence electrons. The van der Waals surface area contributed by atoms with E-state index in [9.17, 15) is 0 Å². The van der Waals surface area contributed by atoms with Gasteiger partial charge in [0.1, 0.15) is 9.76 Å². The van der Waals surface area contributed by atoms with Gasteiger partial charge in [-0.2, -0.15) is 0 Å². The summed E-state index contributed by atoms with van der Waals surface area (Å²) >= 11 is 0. The smallest absolute Gasteiger partial charge is 0.300 e. The zero-order chi connectivity index (χ0) is 95.0. The molecule has 0 rings (SSSR count). The third kappa shape index (κ3) is 76.0. The van der Waals surface area contributed by atoms with Crippen molar-refractivity contribution >= 4 is 380 Å². The molecule has 0 saturated carbocycles. The van der Waals surface area contributed by atoms with E-state index in [1.54, 1.807) is 0 Å². The van der Waals surface area contributed by atoms with Gasteiger partial charge < -0.3 is 165 Å². The largest absolute Gasteiger partial charge is 0.444 e. The molecular weight excluding hydrogens is 2310 g/mol. The molecule has 0 fully saturated rings. The summed E-state index contributed by atoms with van der Waals surface area (Å²) in [6.45, 7) is 87.2. The average Bonchev–Trinajstić information content (AvgIpc) is 0.921. The standard InChI is InChI=1S/C43H170O40Si41/c1-84-44-85(2)45-86(3)46-87(4)47-88(5)48-89(6)49-90(7)50-91(8)51-92(9)52-93(10)53-94(11)54-95(12)55-96(13)56-97(14)57-98(15)58-99(16)59-100(17)60-101(18)61-102(19)62-103(20)63-104(21)64-105(22)65-106(23)66-107(24)67-108(25)68-109(26)69-110(27)70-111(28)71-112(29)72-113(30)73-114(31)74-115(32)75-116(33)76-117(34)77-118(35)78-119(36)79-120(37)80-121(38)81-122(39)82-123(40)83-124(41,42)43/h85-123H,84H2,1-43H3. The van der Waals surface area contributed by atoms with Crippen LogP contribution in [0, 0.1) is 0 Å². The molecule has 0 amide bonds. The Morgan fingerprint density at radius 2 is 0.177 bits per heavy atom. The van der Waals surface area contributed by atoms with E-state index in [-0.39, 0.29) is 0 Å². The Hall–Kier alpha value is 7.29. The lowest BCUT2D eigenvalue weighted by atomic mass is 11.8. The minimum absolute atomic E-state index is 0.481. The Bertz CT molecular complexity index is 2500. The summed E-state index contributed by atoms with van der Waals surface area (Å²) in [6, 6.07) is 0. The third-order valence-electron chi connectivity index (χ3n) is 15.5. The summed E-state index contributed by atoms with van der Waals surface area (Å²) < 4.78 is 251. The Labute approximate surface area is 818 Å². The van der Waals surface area contributed by atoms with Crippen molar-refractivity contribution in [3.05, 3.63) is 0 Å². The minimum Gasteiger partial charge on any atom is -0.444 e. The highest BCUT2D eigenvalue weighted by Gasteiger charge is 2.35. The van der Waals surface area contributed by atoms with E-state index < -0.39 is 380 Å². The maximum atomic E-state index is 6.34. The van der Waals surface area contributed by atoms with Gasteiger partial charge in [-0.05, 0) is 275 Å². The first-order valence-corrected chi connectivity index (χ1v) is 131. The average molecular weight is 2480 g/mol. The predicted octanol–water partition coefficient (Wildman–Crippen LogP) is -4.22. The lowest BCUT2D eigenvalue weighted by Gasteiger charge is -2.28. The van der Waals surface area contributed by atoms with Gasteiger partial charge in [-0.25, -0.2) is 0 Å². The van der Waals surface area contributed by atoms with Gasteiger partial charge in [0.15, 0.2) is 8.32 Å². The molecule has 0 N–H and O–H groups in total. The van der Waals surface area contributed by atoms with Crippen LogP contribution >= 0.6 is 0 Å². The quantitative estimate of drug-likeness (QED) is 0.0521. The number of rotatable bonds is 80. The van der Waals surface area contributed by atoms with Gasteiger partial charge in [0.05, 0.1) is 0 Å². The van der Waals surface area contributed by atoms with Crippen molar-refractivity contribution in [2.75, 3.05) is 0 Å². The van der Waals surface area contributed by atoms with E-state index in [0.29, 0.717) is 0 Å². The molecule has 0 aromatic heterocycles. The fraction of sp³-hybridized carbons (Fsp3) is 1.00. The molecule has 0 aliphatic heterocycles. The molecule has 124 heavy (non-hydrogen) atoms. The normalized spacial score (nSPS) is 22.5. The van der Waals surface area contributed by atoms with Crippen LogP contribution in [0.3, 0.4) is 0 Å². The first kappa shape index (κ1) is 131. The van der Waals surface area contributed by atoms with E-state index >= 15 is 0 Å². The van der Waals surface area contributed by atoms with Gasteiger partial charge >= 0.3 is 0 Å². The molecule has 0 aliphatic carbocycles. The SMILES string of the molecule is C[SiH2]O[SiH](C)O[SiH](C)O[SiH](C)O[SiH](C)O[SiH](C)O[SiH](C)O[SiH](C)O[SiH](C)O[SiH](C)O[SiH](C)O[SiH](C)O[SiH](C)O[SiH](C)O[SiH](C)O[SiH](C)O[SiH](C)O[SiH](C)O[SiH](C)O[SiH](C)O[SiH](C)O[SiH](C)O[SiH](C)O[SiH](C)O[SiH](C)O[SiH](C)O[SiH](C)O[SiH](C)O[SiH](C)O[SiH](C)O[SiH](C)O[SiH](C)O[SiH](C)O[SiH](C)O[SiH](C)O[SiH](C)O[SiH](C)O[SiH](C)O[SiH](C)O[SiH](C)O[Si](C)(C)C. The second-order valence-corrected chi connectivity index (χ2v) is 123. The summed E-state index contributed by atoms with van der Waals surface area (Å²) in [6.07, 6.45) is 0. The number of hydrogen-bond acceptors (Lipinski definition) is 40. The Kier molecular flexibility index (Phi) is 78.6. The summed E-state index contributed by atoms with van der Waals surface area (Å²) in [7, 11) is -80.0. The Morgan fingerprint density at radius 1 is 0.113 bits per heavy atom. The van der Waals surface area contributed by atoms with Gasteiger partial charge in [-0.1, -0.05) is 6.55 Å². The first-order valence-electron chi connectivity index (χ1n) is 43.6. The van der Waals surface area contributed by atoms with Crippen LogP contribution in [0.2, 0.25) is 282 Å². The van der Waals surface area contributed by atoms with Crippen LogP contribution in [0.1, 0.15) is 0 Å². The molecule has 0 aromatic rings. The van der Waals surface area contributed by atoms with Gasteiger partial charge in [-0.15, -0.1) is 0 Å². The fourth-order valence-corrected chi connectivity index (χ4v) is 133. The lowest BCUT2D eigenvalue weighted by Crippen LogP contribution is -2.44. The summed E-state index contributed by atoms with van der Waals surface area (Å²) in [5.41, 5.74) is 0. The molecule has 0 bridgehead atoms. The molecule has 0 radical (unpaired) electrons. The van der Waals surface area contributed by atoms with Crippen molar-refractivity contribution in [2.45, 2.75) is 282 Å². The van der Waals surface area contributed by atoms with Crippen LogP contribution in [-0.2, 0) is 165 Å². The topological polar surface area (TPSA) is 369 Å². The summed E-state index contributed by atoms with van der Waals surface area (Å²) in [5.74, 6) is 0. The monoisotopic (exact) mass is 2470 g/mol. The zero-order valence-electron chi connectivity index (χ0n) is 83.1. The molecule has 81 heteroatoms. The van der Waals surface area contributed by atoms with Gasteiger partial charge in [0.2, 0.25) is 0 Å². The van der Waals surface area contributed by atoms with E-state index in [1.165, 1.54) is 0 Å². The predicted molar refractivity (Wildman–Crippen MR) is 589 cm³/mol. The van der Waals surface area contributed by atoms with Crippen molar-refractivity contribution in [3.8, 4) is 0 Å². The second-order valence-electron chi connectivity index (χ2n) is 30.0. The molecule has 40 nitrogen and oxygen atoms in total. The van der Waals surface area contributed by atoms with Gasteiger partial charge in [0, 0.05) is 0 Å². The van der Waals surface area contributed by atoms with Crippen LogP contribution in [-0.4, -0.2) is 380 Å². The van der Waals surface area contributed by atoms with Crippen molar-refractivity contribution < 1.29 is 165 Å². The van der Waals surface area contributed by atoms with Crippen LogP contribution in [0.25, 0.3) is 0 Å². The Balaban J connectivity index is 4.56. The molecule has 0 aliphatic rings. The van der Waals surface area contributed by atoms with E-state index in [0.717, 1.165) is 0 Å². The molecule has 0 aromatic carbocycles. The van der Waals surface area contributed by atoms with Gasteiger partial charge in [0.25, 0.3) is 362 Å². The van der Waals surface area contributed by atoms with E-state index in [4.69, 9.17) is 165 Å². The van der Waals surface area contributed by atoms with Gasteiger partial charge in [-0.3, -0.25) is 0 Å². The Morgan fingerprint density at radius 3 is 0.242 bits per heavy atom. The molecule has 0 spiro atoms. The zero-order valence-corrected chi connectivity index (χ0v) is 131. The lowest BCUT2D eigenvalue weighted by molar-refractivity contribution is 0.297. The maximum Gasteiger partial charge on any atom is 0.300 e. The maximum absolute atomic E-state index is 6.34. The van der Waals surface area contributed by atoms with Crippen LogP contribution in [0.15, 0.2) is 0 Å². The second kappa shape index (κ2) is 74.2. The molecule has 39 atom stereocenters. The van der Waals surface area contributed by atoms with Crippen molar-refractivity contribution in [3.63, 3.8) is 0 Å². The third-order valence-corrected chi connectivity index (χ3v) is 139. The van der Waals surface area contributed by atoms with Crippen LogP contribution < -0.4 is 0 Å². The van der Waals surface area contributed by atoms with Crippen LogP contribution in [0.5, 0.6) is 0 Å². The molecule has 39 unspecified atom stereocenters. The minimum atomic E-state index is -2.07.